The Morgan fingerprint density at radius 2 is 2.11 bits per heavy atom. The first-order chi connectivity index (χ1) is 9.08. The predicted molar refractivity (Wildman–Crippen MR) is 82.4 cm³/mol. The summed E-state index contributed by atoms with van der Waals surface area (Å²) in [5.41, 5.74) is 8.57. The van der Waals surface area contributed by atoms with Gasteiger partial charge in [-0.2, -0.15) is 0 Å². The second-order valence-electron chi connectivity index (χ2n) is 5.14. The third-order valence-corrected chi connectivity index (χ3v) is 3.43. The van der Waals surface area contributed by atoms with Crippen LogP contribution in [0.3, 0.4) is 0 Å². The van der Waals surface area contributed by atoms with Gasteiger partial charge in [-0.3, -0.25) is 4.98 Å². The van der Waals surface area contributed by atoms with Gasteiger partial charge in [-0.1, -0.05) is 0 Å². The second kappa shape index (κ2) is 5.89. The minimum Gasteiger partial charge on any atom is -0.399 e. The van der Waals surface area contributed by atoms with Crippen LogP contribution in [0.5, 0.6) is 0 Å². The molecule has 0 aliphatic carbocycles. The number of nitrogen functional groups attached to an aromatic ring is 1. The lowest BCUT2D eigenvalue weighted by atomic mass is 10.1. The van der Waals surface area contributed by atoms with Crippen LogP contribution in [0.1, 0.15) is 13.8 Å². The van der Waals surface area contributed by atoms with Gasteiger partial charge in [0, 0.05) is 42.1 Å². The van der Waals surface area contributed by atoms with Crippen LogP contribution in [0.15, 0.2) is 30.5 Å². The number of pyridine rings is 1. The van der Waals surface area contributed by atoms with Crippen molar-refractivity contribution in [1.82, 2.24) is 9.88 Å². The first-order valence-electron chi connectivity index (χ1n) is 6.66. The van der Waals surface area contributed by atoms with E-state index in [0.717, 1.165) is 35.4 Å². The highest BCUT2D eigenvalue weighted by Gasteiger charge is 2.04. The number of fused-ring (bicyclic) bond motifs is 1. The molecule has 4 heteroatoms. The van der Waals surface area contributed by atoms with Crippen LogP contribution < -0.4 is 11.1 Å². The molecule has 102 valence electrons. The van der Waals surface area contributed by atoms with Crippen LogP contribution in [-0.4, -0.2) is 36.1 Å². The Bertz CT molecular complexity index is 551. The number of likely N-dealkylation sites (N-methyl/N-ethyl adjacent to an activating group) is 1. The van der Waals surface area contributed by atoms with E-state index in [4.69, 9.17) is 5.73 Å². The highest BCUT2D eigenvalue weighted by atomic mass is 15.1. The Morgan fingerprint density at radius 3 is 2.84 bits per heavy atom. The van der Waals surface area contributed by atoms with Gasteiger partial charge in [-0.05, 0) is 45.2 Å². The van der Waals surface area contributed by atoms with E-state index >= 15 is 0 Å². The van der Waals surface area contributed by atoms with Gasteiger partial charge in [0.1, 0.15) is 0 Å². The number of hydrogen-bond acceptors (Lipinski definition) is 4. The number of hydrogen-bond donors (Lipinski definition) is 2. The van der Waals surface area contributed by atoms with Crippen molar-refractivity contribution in [3.63, 3.8) is 0 Å². The fourth-order valence-corrected chi connectivity index (χ4v) is 1.94. The van der Waals surface area contributed by atoms with Crippen molar-refractivity contribution in [3.05, 3.63) is 30.5 Å². The fourth-order valence-electron chi connectivity index (χ4n) is 1.94. The largest absolute Gasteiger partial charge is 0.399 e. The van der Waals surface area contributed by atoms with Crippen molar-refractivity contribution < 1.29 is 0 Å². The van der Waals surface area contributed by atoms with Crippen LogP contribution in [-0.2, 0) is 0 Å². The number of anilines is 2. The molecule has 3 N–H and O–H groups in total. The van der Waals surface area contributed by atoms with Crippen molar-refractivity contribution in [3.8, 4) is 0 Å². The summed E-state index contributed by atoms with van der Waals surface area (Å²) in [6.45, 7) is 6.32. The number of nitrogens with two attached hydrogens (primary N) is 1. The lowest BCUT2D eigenvalue weighted by molar-refractivity contribution is 0.284. The van der Waals surface area contributed by atoms with Gasteiger partial charge >= 0.3 is 0 Å². The van der Waals surface area contributed by atoms with Crippen LogP contribution in [0.25, 0.3) is 10.9 Å². The lowest BCUT2D eigenvalue weighted by Gasteiger charge is -2.21. The molecular formula is C15H22N4. The van der Waals surface area contributed by atoms with E-state index in [9.17, 15) is 0 Å². The van der Waals surface area contributed by atoms with Crippen LogP contribution in [0.2, 0.25) is 0 Å². The molecule has 0 aliphatic heterocycles. The van der Waals surface area contributed by atoms with Crippen LogP contribution >= 0.6 is 0 Å². The van der Waals surface area contributed by atoms with E-state index in [1.807, 2.05) is 30.5 Å². The second-order valence-corrected chi connectivity index (χ2v) is 5.14. The molecule has 19 heavy (non-hydrogen) atoms. The summed E-state index contributed by atoms with van der Waals surface area (Å²) in [4.78, 5) is 6.66. The Labute approximate surface area is 114 Å². The molecule has 2 rings (SSSR count). The van der Waals surface area contributed by atoms with Crippen molar-refractivity contribution >= 4 is 22.3 Å². The molecule has 0 aliphatic rings. The number of aromatic nitrogens is 1. The van der Waals surface area contributed by atoms with Gasteiger partial charge in [0.15, 0.2) is 0 Å². The Balaban J connectivity index is 2.09. The summed E-state index contributed by atoms with van der Waals surface area (Å²) >= 11 is 0. The van der Waals surface area contributed by atoms with Crippen molar-refractivity contribution in [1.29, 1.82) is 0 Å². The summed E-state index contributed by atoms with van der Waals surface area (Å²) in [5, 5.41) is 4.59. The summed E-state index contributed by atoms with van der Waals surface area (Å²) in [5.74, 6) is 0. The van der Waals surface area contributed by atoms with Crippen molar-refractivity contribution in [2.45, 2.75) is 19.9 Å². The van der Waals surface area contributed by atoms with E-state index in [-0.39, 0.29) is 0 Å². The number of benzene rings is 1. The molecule has 2 aromatic rings. The SMILES string of the molecule is CC(C)N(C)CCNc1ccnc2cc(N)ccc12. The Morgan fingerprint density at radius 1 is 1.32 bits per heavy atom. The maximum absolute atomic E-state index is 5.78. The zero-order valence-corrected chi connectivity index (χ0v) is 11.9. The van der Waals surface area contributed by atoms with Gasteiger partial charge in [-0.15, -0.1) is 0 Å². The molecule has 1 aromatic heterocycles. The maximum Gasteiger partial charge on any atom is 0.0743 e. The van der Waals surface area contributed by atoms with Gasteiger partial charge in [0.05, 0.1) is 5.52 Å². The molecule has 0 bridgehead atoms. The lowest BCUT2D eigenvalue weighted by Crippen LogP contribution is -2.31. The van der Waals surface area contributed by atoms with E-state index in [0.29, 0.717) is 6.04 Å². The number of rotatable bonds is 5. The van der Waals surface area contributed by atoms with E-state index < -0.39 is 0 Å². The fraction of sp³-hybridized carbons (Fsp3) is 0.400. The first-order valence-corrected chi connectivity index (χ1v) is 6.66. The van der Waals surface area contributed by atoms with Crippen LogP contribution in [0, 0.1) is 0 Å². The zero-order chi connectivity index (χ0) is 13.8. The average molecular weight is 258 g/mol. The monoisotopic (exact) mass is 258 g/mol. The molecule has 0 radical (unpaired) electrons. The van der Waals surface area contributed by atoms with Gasteiger partial charge in [0.25, 0.3) is 0 Å². The number of nitrogens with one attached hydrogen (secondary N) is 1. The third kappa shape index (κ3) is 3.35. The molecule has 0 atom stereocenters. The molecule has 0 amide bonds. The highest BCUT2D eigenvalue weighted by Crippen LogP contribution is 2.23. The van der Waals surface area contributed by atoms with Gasteiger partial charge in [-0.25, -0.2) is 0 Å². The van der Waals surface area contributed by atoms with E-state index in [1.54, 1.807) is 0 Å². The first kappa shape index (κ1) is 13.6. The summed E-state index contributed by atoms with van der Waals surface area (Å²) in [7, 11) is 2.14. The minimum atomic E-state index is 0.566. The van der Waals surface area contributed by atoms with Gasteiger partial charge in [0.2, 0.25) is 0 Å². The Kier molecular flexibility index (Phi) is 4.22. The number of nitrogens with zero attached hydrogens (tertiary/aromatic N) is 2. The summed E-state index contributed by atoms with van der Waals surface area (Å²) in [6, 6.07) is 8.41. The normalized spacial score (nSPS) is 11.4. The molecule has 0 fully saturated rings. The smallest absolute Gasteiger partial charge is 0.0743 e. The van der Waals surface area contributed by atoms with Gasteiger partial charge < -0.3 is 16.0 Å². The highest BCUT2D eigenvalue weighted by molar-refractivity contribution is 5.92. The zero-order valence-electron chi connectivity index (χ0n) is 11.9. The summed E-state index contributed by atoms with van der Waals surface area (Å²) in [6.07, 6.45) is 1.82. The van der Waals surface area contributed by atoms with E-state index in [2.05, 4.69) is 36.1 Å². The summed E-state index contributed by atoms with van der Waals surface area (Å²) < 4.78 is 0. The molecule has 0 saturated heterocycles. The molecule has 0 unspecified atom stereocenters. The molecule has 0 spiro atoms. The standard InChI is InChI=1S/C15H22N4/c1-11(2)19(3)9-8-18-14-6-7-17-15-10-12(16)4-5-13(14)15/h4-7,10-11H,8-9,16H2,1-3H3,(H,17,18). The molecule has 0 saturated carbocycles. The maximum atomic E-state index is 5.78. The quantitative estimate of drug-likeness (QED) is 0.809. The molecule has 1 heterocycles. The predicted octanol–water partition coefficient (Wildman–Crippen LogP) is 2.57. The molecule has 1 aromatic carbocycles. The minimum absolute atomic E-state index is 0.566. The molecular weight excluding hydrogens is 236 g/mol. The third-order valence-electron chi connectivity index (χ3n) is 3.43. The Hall–Kier alpha value is -1.81. The average Bonchev–Trinajstić information content (AvgIpc) is 2.38. The van der Waals surface area contributed by atoms with Crippen LogP contribution in [0.4, 0.5) is 11.4 Å². The van der Waals surface area contributed by atoms with Crippen molar-refractivity contribution in [2.24, 2.45) is 0 Å². The topological polar surface area (TPSA) is 54.2 Å². The van der Waals surface area contributed by atoms with Crippen molar-refractivity contribution in [2.75, 3.05) is 31.2 Å². The van der Waals surface area contributed by atoms with E-state index in [1.165, 1.54) is 0 Å². The molecule has 4 nitrogen and oxygen atoms in total.